The first kappa shape index (κ1) is 39.9. The Kier molecular flexibility index (Phi) is 15.9. The zero-order chi connectivity index (χ0) is 36.7. The number of H-pyrrole nitrogens is 1. The van der Waals surface area contributed by atoms with Crippen molar-refractivity contribution in [1.29, 1.82) is 0 Å². The number of primary amides is 1. The monoisotopic (exact) mass is 684 g/mol. The Labute approximate surface area is 285 Å². The molecule has 1 unspecified atom stereocenters. The maximum atomic E-state index is 13.8. The van der Waals surface area contributed by atoms with E-state index in [9.17, 15) is 38.7 Å². The van der Waals surface area contributed by atoms with Gasteiger partial charge in [0, 0.05) is 31.7 Å². The molecule has 268 valence electrons. The van der Waals surface area contributed by atoms with Crippen molar-refractivity contribution in [3.8, 4) is 0 Å². The highest BCUT2D eigenvalue weighted by Crippen LogP contribution is 2.12. The van der Waals surface area contributed by atoms with Gasteiger partial charge in [-0.05, 0) is 23.8 Å². The van der Waals surface area contributed by atoms with E-state index in [4.69, 9.17) is 5.73 Å². The predicted octanol–water partition coefficient (Wildman–Crippen LogP) is -0.309. The van der Waals surface area contributed by atoms with Crippen LogP contribution >= 0.6 is 0 Å². The maximum absolute atomic E-state index is 13.8. The van der Waals surface area contributed by atoms with Crippen LogP contribution < -0.4 is 32.3 Å². The second-order valence-electron chi connectivity index (χ2n) is 12.4. The van der Waals surface area contributed by atoms with Crippen molar-refractivity contribution < 1.29 is 38.7 Å². The Bertz CT molecular complexity index is 1430. The number of aliphatic carboxylic acids is 1. The lowest BCUT2D eigenvalue weighted by molar-refractivity contribution is -0.141. The van der Waals surface area contributed by atoms with Crippen LogP contribution in [0.4, 0.5) is 0 Å². The van der Waals surface area contributed by atoms with Crippen LogP contribution in [0.1, 0.15) is 65.1 Å². The summed E-state index contributed by atoms with van der Waals surface area (Å²) in [6.45, 7) is 8.49. The van der Waals surface area contributed by atoms with Gasteiger partial charge in [0.15, 0.2) is 0 Å². The molecule has 1 heterocycles. The van der Waals surface area contributed by atoms with E-state index in [1.165, 1.54) is 19.4 Å². The van der Waals surface area contributed by atoms with Crippen LogP contribution in [0.2, 0.25) is 0 Å². The van der Waals surface area contributed by atoms with Crippen LogP contribution in [0, 0.1) is 11.8 Å². The van der Waals surface area contributed by atoms with E-state index in [0.29, 0.717) is 17.7 Å². The summed E-state index contributed by atoms with van der Waals surface area (Å²) in [5.74, 6) is -6.21. The number of nitrogens with one attached hydrogen (secondary N) is 6. The van der Waals surface area contributed by atoms with Gasteiger partial charge >= 0.3 is 5.97 Å². The fourth-order valence-electron chi connectivity index (χ4n) is 5.02. The summed E-state index contributed by atoms with van der Waals surface area (Å²) in [4.78, 5) is 96.4. The Morgan fingerprint density at radius 1 is 0.796 bits per heavy atom. The quantitative estimate of drug-likeness (QED) is 0.0909. The number of aromatic amines is 1. The van der Waals surface area contributed by atoms with E-state index in [1.807, 2.05) is 20.8 Å². The van der Waals surface area contributed by atoms with E-state index >= 15 is 0 Å². The van der Waals surface area contributed by atoms with Crippen molar-refractivity contribution in [2.45, 2.75) is 96.9 Å². The molecular formula is C33H48N8O8. The number of amides is 6. The van der Waals surface area contributed by atoms with Crippen LogP contribution in [0.15, 0.2) is 42.9 Å². The van der Waals surface area contributed by atoms with Gasteiger partial charge < -0.3 is 42.4 Å². The Balaban J connectivity index is 2.35. The summed E-state index contributed by atoms with van der Waals surface area (Å²) >= 11 is 0. The largest absolute Gasteiger partial charge is 0.481 e. The number of nitrogens with two attached hydrogens (primary N) is 1. The predicted molar refractivity (Wildman–Crippen MR) is 178 cm³/mol. The van der Waals surface area contributed by atoms with Crippen LogP contribution in [-0.2, 0) is 46.4 Å². The second-order valence-corrected chi connectivity index (χ2v) is 12.4. The molecule has 0 aliphatic carbocycles. The lowest BCUT2D eigenvalue weighted by atomic mass is 9.96. The lowest BCUT2D eigenvalue weighted by Crippen LogP contribution is -2.60. The molecule has 0 aliphatic rings. The van der Waals surface area contributed by atoms with Gasteiger partial charge in [-0.15, -0.1) is 0 Å². The van der Waals surface area contributed by atoms with Gasteiger partial charge in [-0.1, -0.05) is 64.4 Å². The molecule has 2 aromatic rings. The molecule has 1 aromatic carbocycles. The number of imidazole rings is 1. The van der Waals surface area contributed by atoms with Crippen molar-refractivity contribution in [1.82, 2.24) is 36.6 Å². The van der Waals surface area contributed by atoms with Gasteiger partial charge in [0.05, 0.1) is 12.7 Å². The van der Waals surface area contributed by atoms with E-state index in [2.05, 4.69) is 36.6 Å². The second kappa shape index (κ2) is 19.5. The van der Waals surface area contributed by atoms with E-state index in [0.717, 1.165) is 0 Å². The third-order valence-electron chi connectivity index (χ3n) is 7.76. The van der Waals surface area contributed by atoms with Gasteiger partial charge in [-0.3, -0.25) is 33.6 Å². The Morgan fingerprint density at radius 3 is 1.86 bits per heavy atom. The molecule has 0 radical (unpaired) electrons. The molecule has 2 rings (SSSR count). The fraction of sp³-hybridized carbons (Fsp3) is 0.515. The number of nitrogens with zero attached hydrogens (tertiary/aromatic N) is 1. The molecule has 0 spiro atoms. The first-order valence-corrected chi connectivity index (χ1v) is 16.1. The van der Waals surface area contributed by atoms with Crippen LogP contribution in [0.25, 0.3) is 0 Å². The molecule has 0 saturated heterocycles. The lowest BCUT2D eigenvalue weighted by Gasteiger charge is -2.28. The third kappa shape index (κ3) is 13.8. The number of carboxylic acids is 1. The molecule has 16 heteroatoms. The number of hydrogen-bond donors (Lipinski definition) is 8. The van der Waals surface area contributed by atoms with Crippen molar-refractivity contribution in [3.05, 3.63) is 54.1 Å². The topological polar surface area (TPSA) is 255 Å². The molecule has 0 saturated carbocycles. The summed E-state index contributed by atoms with van der Waals surface area (Å²) in [7, 11) is 0. The molecule has 1 aromatic heterocycles. The number of carbonyl (C=O) groups is 7. The van der Waals surface area contributed by atoms with Crippen LogP contribution in [0.5, 0.6) is 0 Å². The number of aromatic nitrogens is 2. The van der Waals surface area contributed by atoms with Gasteiger partial charge in [-0.25, -0.2) is 4.98 Å². The summed E-state index contributed by atoms with van der Waals surface area (Å²) in [6.07, 6.45) is 2.66. The zero-order valence-corrected chi connectivity index (χ0v) is 28.4. The van der Waals surface area contributed by atoms with Crippen molar-refractivity contribution in [2.75, 3.05) is 0 Å². The van der Waals surface area contributed by atoms with Crippen molar-refractivity contribution in [2.24, 2.45) is 17.6 Å². The van der Waals surface area contributed by atoms with Gasteiger partial charge in [0.1, 0.15) is 30.2 Å². The molecule has 49 heavy (non-hydrogen) atoms. The molecule has 9 N–H and O–H groups in total. The SMILES string of the molecule is CC[C@H](C)[C@H](NC(=O)C(CC(C)C)NC(=O)[C@H](Cc1ccccc1)NC(=O)[C@H](CC(=O)O)NC(=O)[C@H](Cc1cnc[nH]1)NC(C)=O)C(N)=O. The van der Waals surface area contributed by atoms with Gasteiger partial charge in [0.25, 0.3) is 0 Å². The summed E-state index contributed by atoms with van der Waals surface area (Å²) in [5.41, 5.74) is 6.68. The molecule has 6 amide bonds. The van der Waals surface area contributed by atoms with E-state index in [-0.39, 0.29) is 31.1 Å². The highest BCUT2D eigenvalue weighted by Gasteiger charge is 2.34. The summed E-state index contributed by atoms with van der Waals surface area (Å²) < 4.78 is 0. The van der Waals surface area contributed by atoms with Crippen LogP contribution in [-0.4, -0.2) is 86.7 Å². The van der Waals surface area contributed by atoms with Crippen LogP contribution in [0.3, 0.4) is 0 Å². The maximum Gasteiger partial charge on any atom is 0.305 e. The molecule has 0 aliphatic heterocycles. The number of benzene rings is 1. The highest BCUT2D eigenvalue weighted by atomic mass is 16.4. The van der Waals surface area contributed by atoms with Crippen molar-refractivity contribution in [3.63, 3.8) is 0 Å². The molecular weight excluding hydrogens is 636 g/mol. The summed E-state index contributed by atoms with van der Waals surface area (Å²) in [5, 5.41) is 22.3. The Hall–Kier alpha value is -5.28. The molecule has 0 fully saturated rings. The third-order valence-corrected chi connectivity index (χ3v) is 7.76. The fourth-order valence-corrected chi connectivity index (χ4v) is 5.02. The minimum atomic E-state index is -1.64. The number of hydrogen-bond acceptors (Lipinski definition) is 8. The zero-order valence-electron chi connectivity index (χ0n) is 28.4. The highest BCUT2D eigenvalue weighted by molar-refractivity contribution is 5.97. The van der Waals surface area contributed by atoms with E-state index < -0.39 is 78.0 Å². The van der Waals surface area contributed by atoms with Crippen molar-refractivity contribution >= 4 is 41.4 Å². The molecule has 0 bridgehead atoms. The number of rotatable bonds is 20. The summed E-state index contributed by atoms with van der Waals surface area (Å²) in [6, 6.07) is 2.45. The smallest absolute Gasteiger partial charge is 0.305 e. The first-order chi connectivity index (χ1) is 23.1. The molecule has 16 nitrogen and oxygen atoms in total. The minimum Gasteiger partial charge on any atom is -0.481 e. The minimum absolute atomic E-state index is 0.0290. The average Bonchev–Trinajstić information content (AvgIpc) is 3.54. The van der Waals surface area contributed by atoms with E-state index in [1.54, 1.807) is 37.3 Å². The van der Waals surface area contributed by atoms with Gasteiger partial charge in [0.2, 0.25) is 35.4 Å². The molecule has 6 atom stereocenters. The standard InChI is InChI=1S/C33H48N8O8/c1-6-19(4)28(29(34)45)41-33(49)23(12-18(2)3)38-30(46)24(13-21-10-8-7-9-11-21)39-32(48)26(15-27(43)44)40-31(47)25(37-20(5)42)14-22-16-35-17-36-22/h7-11,16-19,23-26,28H,6,12-15H2,1-5H3,(H2,34,45)(H,35,36)(H,37,42)(H,38,46)(H,39,48)(H,40,47)(H,41,49)(H,43,44)/t19-,23?,24-,25-,26-,28-/m0/s1. The number of carbonyl (C=O) groups excluding carboxylic acids is 6. The van der Waals surface area contributed by atoms with Gasteiger partial charge in [-0.2, -0.15) is 0 Å². The Morgan fingerprint density at radius 2 is 1.35 bits per heavy atom. The number of carboxylic acid groups (broad SMARTS) is 1. The average molecular weight is 685 g/mol. The normalized spacial score (nSPS) is 14.7. The first-order valence-electron chi connectivity index (χ1n) is 16.1.